The summed E-state index contributed by atoms with van der Waals surface area (Å²) in [6.45, 7) is 8.20. The van der Waals surface area contributed by atoms with Crippen LogP contribution in [-0.2, 0) is 31.0 Å². The first-order valence-electron chi connectivity index (χ1n) is 14.2. The second-order valence-corrected chi connectivity index (χ2v) is 13.1. The molecule has 2 aliphatic heterocycles. The number of carbonyl (C=O) groups excluding carboxylic acids is 3. The second kappa shape index (κ2) is 11.9. The minimum atomic E-state index is -1.34. The van der Waals surface area contributed by atoms with Gasteiger partial charge in [0.2, 0.25) is 11.8 Å². The van der Waals surface area contributed by atoms with Crippen molar-refractivity contribution in [3.8, 4) is 0 Å². The van der Waals surface area contributed by atoms with Crippen molar-refractivity contribution in [2.45, 2.75) is 64.0 Å². The number of fused-ring (bicyclic) bond motifs is 2. The highest BCUT2D eigenvalue weighted by atomic mass is 35.5. The van der Waals surface area contributed by atoms with Crippen LogP contribution >= 0.6 is 23.2 Å². The normalized spacial score (nSPS) is 22.8. The van der Waals surface area contributed by atoms with Crippen molar-refractivity contribution in [3.63, 3.8) is 0 Å². The Hall–Kier alpha value is -3.46. The number of hydrogen-bond acceptors (Lipinski definition) is 5. The molecule has 5 rings (SSSR count). The molecule has 0 radical (unpaired) electrons. The summed E-state index contributed by atoms with van der Waals surface area (Å²) in [7, 11) is 0. The molecule has 2 amide bonds. The lowest BCUT2D eigenvalue weighted by Crippen LogP contribution is -2.49. The predicted molar refractivity (Wildman–Crippen MR) is 166 cm³/mol. The number of hydrogen-bond donors (Lipinski definition) is 3. The molecule has 0 saturated carbocycles. The predicted octanol–water partition coefficient (Wildman–Crippen LogP) is 6.63. The van der Waals surface area contributed by atoms with Gasteiger partial charge in [-0.05, 0) is 65.8 Å². The van der Waals surface area contributed by atoms with Crippen molar-refractivity contribution in [2.75, 3.05) is 17.2 Å². The van der Waals surface area contributed by atoms with Gasteiger partial charge >= 0.3 is 5.97 Å². The zero-order chi connectivity index (χ0) is 31.1. The number of ether oxygens (including phenoxy) is 1. The van der Waals surface area contributed by atoms with E-state index in [-0.39, 0.29) is 34.3 Å². The van der Waals surface area contributed by atoms with E-state index in [1.54, 1.807) is 61.5 Å². The fraction of sp³-hybridized carbons (Fsp3) is 0.364. The number of nitrogens with one attached hydrogen (secondary N) is 3. The van der Waals surface area contributed by atoms with Crippen LogP contribution in [0.2, 0.25) is 10.0 Å². The van der Waals surface area contributed by atoms with E-state index in [1.807, 2.05) is 0 Å². The number of halogens is 3. The Morgan fingerprint density at radius 1 is 1.07 bits per heavy atom. The molecule has 1 fully saturated rings. The maximum Gasteiger partial charge on any atom is 0.310 e. The standard InChI is InChI=1S/C33H34Cl2FN3O4/c1-5-43-26(40)15-18-9-12-20(13-10-18)37-30(41)29-27(21-7-6-8-23(35)28(21)36)33(25(39-29)17-32(2,3)4)22-14-11-19(34)16-24(22)38-31(33)42/h6-14,16,25,27,29,39H,5,15,17H2,1-4H3,(H,37,41)(H,38,42)/t25-,27-,29+,33?/m0/s1. The second-order valence-electron chi connectivity index (χ2n) is 12.3. The van der Waals surface area contributed by atoms with Crippen LogP contribution in [0.15, 0.2) is 60.7 Å². The highest BCUT2D eigenvalue weighted by Gasteiger charge is 2.66. The average molecular weight is 627 g/mol. The molecule has 3 N–H and O–H groups in total. The average Bonchev–Trinajstić information content (AvgIpc) is 3.40. The van der Waals surface area contributed by atoms with Crippen LogP contribution in [0, 0.1) is 11.2 Å². The van der Waals surface area contributed by atoms with Crippen LogP contribution in [0.5, 0.6) is 0 Å². The van der Waals surface area contributed by atoms with E-state index in [2.05, 4.69) is 36.7 Å². The molecule has 1 saturated heterocycles. The Bertz CT molecular complexity index is 1570. The van der Waals surface area contributed by atoms with Gasteiger partial charge in [0.15, 0.2) is 0 Å². The molecule has 1 spiro atoms. The summed E-state index contributed by atoms with van der Waals surface area (Å²) in [5.74, 6) is -2.75. The van der Waals surface area contributed by atoms with Crippen LogP contribution in [0.4, 0.5) is 15.8 Å². The summed E-state index contributed by atoms with van der Waals surface area (Å²) in [5, 5.41) is 9.71. The van der Waals surface area contributed by atoms with Crippen LogP contribution in [0.1, 0.15) is 56.7 Å². The number of carbonyl (C=O) groups is 3. The Labute approximate surface area is 260 Å². The first-order chi connectivity index (χ1) is 20.3. The fourth-order valence-electron chi connectivity index (χ4n) is 6.46. The van der Waals surface area contributed by atoms with Crippen LogP contribution in [-0.4, -0.2) is 36.5 Å². The summed E-state index contributed by atoms with van der Waals surface area (Å²) in [6, 6.07) is 15.1. The molecule has 2 heterocycles. The van der Waals surface area contributed by atoms with Gasteiger partial charge in [0.05, 0.1) is 24.1 Å². The Kier molecular flexibility index (Phi) is 8.58. The first kappa shape index (κ1) is 31.0. The quantitative estimate of drug-likeness (QED) is 0.256. The van der Waals surface area contributed by atoms with Crippen molar-refractivity contribution in [1.29, 1.82) is 0 Å². The summed E-state index contributed by atoms with van der Waals surface area (Å²) in [5.41, 5.74) is 0.967. The van der Waals surface area contributed by atoms with Gasteiger partial charge in [-0.15, -0.1) is 0 Å². The highest BCUT2D eigenvalue weighted by Crippen LogP contribution is 2.57. The lowest BCUT2D eigenvalue weighted by Gasteiger charge is -2.37. The van der Waals surface area contributed by atoms with Gasteiger partial charge in [0.25, 0.3) is 0 Å². The molecule has 3 aromatic rings. The Balaban J connectivity index is 1.60. The summed E-state index contributed by atoms with van der Waals surface area (Å²) >= 11 is 12.6. The Morgan fingerprint density at radius 3 is 2.47 bits per heavy atom. The van der Waals surface area contributed by atoms with Crippen molar-refractivity contribution < 1.29 is 23.5 Å². The fourth-order valence-corrected chi connectivity index (χ4v) is 6.81. The van der Waals surface area contributed by atoms with Crippen molar-refractivity contribution >= 4 is 52.4 Å². The largest absolute Gasteiger partial charge is 0.466 e. The summed E-state index contributed by atoms with van der Waals surface area (Å²) in [4.78, 5) is 40.2. The van der Waals surface area contributed by atoms with Crippen molar-refractivity contribution in [2.24, 2.45) is 5.41 Å². The molecule has 10 heteroatoms. The smallest absolute Gasteiger partial charge is 0.310 e. The minimum Gasteiger partial charge on any atom is -0.466 e. The maximum atomic E-state index is 15.9. The van der Waals surface area contributed by atoms with Gasteiger partial charge in [-0.25, -0.2) is 4.39 Å². The number of rotatable bonds is 7. The third-order valence-corrected chi connectivity index (χ3v) is 8.62. The van der Waals surface area contributed by atoms with Gasteiger partial charge in [-0.3, -0.25) is 14.4 Å². The van der Waals surface area contributed by atoms with Gasteiger partial charge in [-0.1, -0.05) is 74.3 Å². The van der Waals surface area contributed by atoms with E-state index in [4.69, 9.17) is 27.9 Å². The van der Waals surface area contributed by atoms with E-state index in [1.165, 1.54) is 6.07 Å². The number of anilines is 2. The van der Waals surface area contributed by atoms with E-state index in [9.17, 15) is 14.4 Å². The highest BCUT2D eigenvalue weighted by molar-refractivity contribution is 6.31. The monoisotopic (exact) mass is 625 g/mol. The molecular formula is C33H34Cl2FN3O4. The lowest BCUT2D eigenvalue weighted by molar-refractivity contribution is -0.142. The molecule has 43 heavy (non-hydrogen) atoms. The zero-order valence-corrected chi connectivity index (χ0v) is 25.9. The van der Waals surface area contributed by atoms with Crippen LogP contribution in [0.25, 0.3) is 0 Å². The van der Waals surface area contributed by atoms with Crippen molar-refractivity contribution in [3.05, 3.63) is 93.2 Å². The van der Waals surface area contributed by atoms with Gasteiger partial charge < -0.3 is 20.7 Å². The molecule has 0 aromatic heterocycles. The van der Waals surface area contributed by atoms with Crippen molar-refractivity contribution in [1.82, 2.24) is 5.32 Å². The van der Waals surface area contributed by atoms with E-state index < -0.39 is 35.1 Å². The van der Waals surface area contributed by atoms with E-state index in [0.29, 0.717) is 35.0 Å². The molecule has 1 unspecified atom stereocenters. The van der Waals surface area contributed by atoms with Gasteiger partial charge in [0, 0.05) is 28.4 Å². The molecule has 0 aliphatic carbocycles. The topological polar surface area (TPSA) is 96.5 Å². The summed E-state index contributed by atoms with van der Waals surface area (Å²) < 4.78 is 20.9. The molecule has 7 nitrogen and oxygen atoms in total. The molecule has 0 bridgehead atoms. The molecule has 3 aromatic carbocycles. The van der Waals surface area contributed by atoms with E-state index >= 15 is 4.39 Å². The molecule has 4 atom stereocenters. The maximum absolute atomic E-state index is 15.9. The molecule has 2 aliphatic rings. The van der Waals surface area contributed by atoms with E-state index in [0.717, 1.165) is 5.56 Å². The lowest BCUT2D eigenvalue weighted by atomic mass is 9.62. The number of amides is 2. The third-order valence-electron chi connectivity index (χ3n) is 8.10. The minimum absolute atomic E-state index is 0.0991. The van der Waals surface area contributed by atoms with Gasteiger partial charge in [-0.2, -0.15) is 0 Å². The first-order valence-corrected chi connectivity index (χ1v) is 15.0. The Morgan fingerprint density at radius 2 is 1.79 bits per heavy atom. The summed E-state index contributed by atoms with van der Waals surface area (Å²) in [6.07, 6.45) is 0.616. The SMILES string of the molecule is CCOC(=O)Cc1ccc(NC(=O)[C@@H]2N[C@@H](CC(C)(C)C)C3(C(=O)Nc4cc(Cl)ccc43)[C@H]2c2cccc(Cl)c2F)cc1. The molecular weight excluding hydrogens is 592 g/mol. The van der Waals surface area contributed by atoms with Crippen LogP contribution in [0.3, 0.4) is 0 Å². The zero-order valence-electron chi connectivity index (χ0n) is 24.4. The van der Waals surface area contributed by atoms with Gasteiger partial charge in [0.1, 0.15) is 11.2 Å². The van der Waals surface area contributed by atoms with Crippen LogP contribution < -0.4 is 16.0 Å². The number of benzene rings is 3. The number of esters is 1. The third kappa shape index (κ3) is 5.88. The molecule has 226 valence electrons.